The Bertz CT molecular complexity index is 157. The van der Waals surface area contributed by atoms with Crippen molar-refractivity contribution < 1.29 is 14.3 Å². The maximum Gasteiger partial charge on any atom is 0.323 e. The van der Waals surface area contributed by atoms with Crippen molar-refractivity contribution in [3.63, 3.8) is 0 Å². The summed E-state index contributed by atoms with van der Waals surface area (Å²) in [5.41, 5.74) is -0.699. The van der Waals surface area contributed by atoms with Crippen LogP contribution in [-0.4, -0.2) is 29.8 Å². The quantitative estimate of drug-likeness (QED) is 0.579. The van der Waals surface area contributed by atoms with Gasteiger partial charge in [-0.2, -0.15) is 0 Å². The largest absolute Gasteiger partial charge is 0.480 e. The van der Waals surface area contributed by atoms with Crippen LogP contribution >= 0.6 is 0 Å². The van der Waals surface area contributed by atoms with E-state index in [4.69, 9.17) is 5.11 Å². The van der Waals surface area contributed by atoms with Crippen molar-refractivity contribution in [2.75, 3.05) is 13.2 Å². The monoisotopic (exact) mass is 161 g/mol. The summed E-state index contributed by atoms with van der Waals surface area (Å²) in [6, 6.07) is 0. The van der Waals surface area contributed by atoms with E-state index in [1.807, 2.05) is 0 Å². The molecule has 0 amide bonds. The van der Waals surface area contributed by atoms with Gasteiger partial charge < -0.3 is 10.4 Å². The van der Waals surface area contributed by atoms with Crippen LogP contribution in [0, 0.1) is 0 Å². The fourth-order valence-corrected chi connectivity index (χ4v) is 0.986. The van der Waals surface area contributed by atoms with Crippen LogP contribution in [0.3, 0.4) is 0 Å². The van der Waals surface area contributed by atoms with Crippen LogP contribution in [0.4, 0.5) is 4.39 Å². The van der Waals surface area contributed by atoms with Crippen LogP contribution in [-0.2, 0) is 4.79 Å². The Labute approximate surface area is 64.6 Å². The molecular formula is C7H12FNO2. The zero-order valence-corrected chi connectivity index (χ0v) is 6.27. The fourth-order valence-electron chi connectivity index (χ4n) is 0.986. The van der Waals surface area contributed by atoms with Crippen molar-refractivity contribution in [2.45, 2.75) is 24.8 Å². The summed E-state index contributed by atoms with van der Waals surface area (Å²) in [6.07, 6.45) is 1.75. The van der Waals surface area contributed by atoms with Crippen molar-refractivity contribution in [1.82, 2.24) is 5.32 Å². The van der Waals surface area contributed by atoms with Gasteiger partial charge in [-0.15, -0.1) is 0 Å². The molecule has 0 atom stereocenters. The molecule has 11 heavy (non-hydrogen) atoms. The molecule has 1 aliphatic rings. The Balaban J connectivity index is 2.20. The number of hydrogen-bond acceptors (Lipinski definition) is 2. The smallest absolute Gasteiger partial charge is 0.323 e. The minimum atomic E-state index is -0.809. The molecular weight excluding hydrogens is 149 g/mol. The van der Waals surface area contributed by atoms with Gasteiger partial charge in [-0.1, -0.05) is 0 Å². The number of rotatable bonds is 5. The standard InChI is InChI=1S/C7H12FNO2/c8-4-1-5-9-7(2-3-7)6(10)11/h9H,1-5H2,(H,10,11). The van der Waals surface area contributed by atoms with Crippen LogP contribution < -0.4 is 5.32 Å². The second-order valence-corrected chi connectivity index (χ2v) is 2.86. The van der Waals surface area contributed by atoms with Crippen molar-refractivity contribution in [3.8, 4) is 0 Å². The highest BCUT2D eigenvalue weighted by molar-refractivity contribution is 5.82. The van der Waals surface area contributed by atoms with Crippen LogP contribution in [0.2, 0.25) is 0 Å². The second kappa shape index (κ2) is 3.17. The summed E-state index contributed by atoms with van der Waals surface area (Å²) >= 11 is 0. The zero-order chi connectivity index (χ0) is 8.32. The Morgan fingerprint density at radius 3 is 2.64 bits per heavy atom. The highest BCUT2D eigenvalue weighted by Crippen LogP contribution is 2.35. The molecule has 0 radical (unpaired) electrons. The first kappa shape index (κ1) is 8.46. The molecule has 3 nitrogen and oxygen atoms in total. The first-order valence-electron chi connectivity index (χ1n) is 3.76. The lowest BCUT2D eigenvalue weighted by atomic mass is 10.2. The minimum Gasteiger partial charge on any atom is -0.480 e. The number of carboxylic acids is 1. The average molecular weight is 161 g/mol. The van der Waals surface area contributed by atoms with E-state index >= 15 is 0 Å². The average Bonchev–Trinajstić information content (AvgIpc) is 2.70. The number of nitrogens with one attached hydrogen (secondary N) is 1. The van der Waals surface area contributed by atoms with E-state index in [1.54, 1.807) is 0 Å². The molecule has 1 aliphatic carbocycles. The lowest BCUT2D eigenvalue weighted by Crippen LogP contribution is -2.39. The Kier molecular flexibility index (Phi) is 2.44. The molecule has 0 spiro atoms. The first-order valence-corrected chi connectivity index (χ1v) is 3.76. The predicted octanol–water partition coefficient (Wildman–Crippen LogP) is 0.553. The SMILES string of the molecule is O=C(O)C1(NCCCF)CC1. The van der Waals surface area contributed by atoms with Gasteiger partial charge in [0.05, 0.1) is 6.67 Å². The first-order chi connectivity index (χ1) is 5.21. The lowest BCUT2D eigenvalue weighted by molar-refractivity contribution is -0.140. The zero-order valence-electron chi connectivity index (χ0n) is 6.27. The summed E-state index contributed by atoms with van der Waals surface area (Å²) < 4.78 is 11.6. The lowest BCUT2D eigenvalue weighted by Gasteiger charge is -2.10. The molecule has 1 saturated carbocycles. The van der Waals surface area contributed by atoms with E-state index in [0.717, 1.165) is 0 Å². The number of carbonyl (C=O) groups is 1. The third-order valence-corrected chi connectivity index (χ3v) is 1.93. The molecule has 4 heteroatoms. The highest BCUT2D eigenvalue weighted by atomic mass is 19.1. The predicted molar refractivity (Wildman–Crippen MR) is 38.2 cm³/mol. The molecule has 0 aromatic rings. The van der Waals surface area contributed by atoms with Gasteiger partial charge in [0.15, 0.2) is 0 Å². The molecule has 1 fully saturated rings. The molecule has 0 unspecified atom stereocenters. The molecule has 2 N–H and O–H groups in total. The van der Waals surface area contributed by atoms with E-state index in [1.165, 1.54) is 0 Å². The van der Waals surface area contributed by atoms with Crippen molar-refractivity contribution in [2.24, 2.45) is 0 Å². The molecule has 64 valence electrons. The van der Waals surface area contributed by atoms with Gasteiger partial charge in [-0.05, 0) is 25.8 Å². The van der Waals surface area contributed by atoms with Gasteiger partial charge in [0.1, 0.15) is 5.54 Å². The van der Waals surface area contributed by atoms with Gasteiger partial charge in [0.2, 0.25) is 0 Å². The molecule has 0 bridgehead atoms. The summed E-state index contributed by atoms with van der Waals surface area (Å²) in [5.74, 6) is -0.809. The number of halogens is 1. The molecule has 0 heterocycles. The molecule has 0 aromatic carbocycles. The van der Waals surface area contributed by atoms with Gasteiger partial charge in [-0.25, -0.2) is 0 Å². The topological polar surface area (TPSA) is 49.3 Å². The van der Waals surface area contributed by atoms with Crippen LogP contribution in [0.5, 0.6) is 0 Å². The van der Waals surface area contributed by atoms with Crippen molar-refractivity contribution in [1.29, 1.82) is 0 Å². The number of hydrogen-bond donors (Lipinski definition) is 2. The fraction of sp³-hybridized carbons (Fsp3) is 0.857. The van der Waals surface area contributed by atoms with E-state index in [9.17, 15) is 9.18 Å². The molecule has 0 saturated heterocycles. The summed E-state index contributed by atoms with van der Waals surface area (Å²) in [5, 5.41) is 11.5. The summed E-state index contributed by atoms with van der Waals surface area (Å²) in [6.45, 7) is 0.0749. The highest BCUT2D eigenvalue weighted by Gasteiger charge is 2.49. The normalized spacial score (nSPS) is 19.7. The Morgan fingerprint density at radius 2 is 2.27 bits per heavy atom. The van der Waals surface area contributed by atoms with Crippen molar-refractivity contribution >= 4 is 5.97 Å². The minimum absolute atomic E-state index is 0.386. The van der Waals surface area contributed by atoms with Gasteiger partial charge >= 0.3 is 5.97 Å². The maximum atomic E-state index is 11.6. The van der Waals surface area contributed by atoms with Gasteiger partial charge in [0, 0.05) is 0 Å². The number of aliphatic carboxylic acids is 1. The van der Waals surface area contributed by atoms with E-state index < -0.39 is 11.5 Å². The van der Waals surface area contributed by atoms with E-state index in [-0.39, 0.29) is 6.67 Å². The summed E-state index contributed by atoms with van der Waals surface area (Å²) in [7, 11) is 0. The third-order valence-electron chi connectivity index (χ3n) is 1.93. The molecule has 1 rings (SSSR count). The Hall–Kier alpha value is -0.640. The van der Waals surface area contributed by atoms with Gasteiger partial charge in [-0.3, -0.25) is 9.18 Å². The van der Waals surface area contributed by atoms with Crippen LogP contribution in [0.25, 0.3) is 0 Å². The van der Waals surface area contributed by atoms with Crippen LogP contribution in [0.15, 0.2) is 0 Å². The summed E-state index contributed by atoms with van der Waals surface area (Å²) in [4.78, 5) is 10.5. The van der Waals surface area contributed by atoms with E-state index in [2.05, 4.69) is 5.32 Å². The Morgan fingerprint density at radius 1 is 1.64 bits per heavy atom. The number of alkyl halides is 1. The molecule has 0 aromatic heterocycles. The molecule has 0 aliphatic heterocycles. The number of carboxylic acid groups (broad SMARTS) is 1. The third kappa shape index (κ3) is 1.89. The van der Waals surface area contributed by atoms with Gasteiger partial charge in [0.25, 0.3) is 0 Å². The van der Waals surface area contributed by atoms with E-state index in [0.29, 0.717) is 25.8 Å². The maximum absolute atomic E-state index is 11.6. The van der Waals surface area contributed by atoms with Crippen LogP contribution in [0.1, 0.15) is 19.3 Å². The van der Waals surface area contributed by atoms with Crippen molar-refractivity contribution in [3.05, 3.63) is 0 Å². The second-order valence-electron chi connectivity index (χ2n) is 2.86.